The van der Waals surface area contributed by atoms with Gasteiger partial charge in [0.05, 0.1) is 12.1 Å². The number of aromatic hydroxyl groups is 1. The molecule has 0 saturated carbocycles. The zero-order valence-corrected chi connectivity index (χ0v) is 20.1. The highest BCUT2D eigenvalue weighted by Gasteiger charge is 2.25. The van der Waals surface area contributed by atoms with Gasteiger partial charge in [-0.25, -0.2) is 0 Å². The fraction of sp³-hybridized carbons (Fsp3) is 0.345. The van der Waals surface area contributed by atoms with Gasteiger partial charge in [0.15, 0.2) is 0 Å². The minimum Gasteiger partial charge on any atom is -0.507 e. The molecule has 0 amide bonds. The van der Waals surface area contributed by atoms with Gasteiger partial charge in [0, 0.05) is 17.3 Å². The van der Waals surface area contributed by atoms with Crippen LogP contribution in [0.25, 0.3) is 0 Å². The van der Waals surface area contributed by atoms with Crippen molar-refractivity contribution < 1.29 is 5.11 Å². The number of benzene rings is 3. The highest BCUT2D eigenvalue weighted by molar-refractivity contribution is 5.85. The summed E-state index contributed by atoms with van der Waals surface area (Å²) in [4.78, 5) is 4.94. The van der Waals surface area contributed by atoms with Gasteiger partial charge in [-0.2, -0.15) is 0 Å². The Balaban J connectivity index is 2.10. The van der Waals surface area contributed by atoms with Gasteiger partial charge in [-0.15, -0.1) is 0 Å². The van der Waals surface area contributed by atoms with Gasteiger partial charge in [-0.1, -0.05) is 108 Å². The second-order valence-electron chi connectivity index (χ2n) is 10.5. The molecule has 3 nitrogen and oxygen atoms in total. The smallest absolute Gasteiger partial charge is 0.128 e. The molecule has 32 heavy (non-hydrogen) atoms. The lowest BCUT2D eigenvalue weighted by molar-refractivity contribution is 0.443. The van der Waals surface area contributed by atoms with Crippen molar-refractivity contribution in [2.45, 2.75) is 64.5 Å². The fourth-order valence-electron chi connectivity index (χ4n) is 3.81. The minimum atomic E-state index is -0.301. The Hall–Kier alpha value is -2.91. The Morgan fingerprint density at radius 3 is 1.81 bits per heavy atom. The van der Waals surface area contributed by atoms with E-state index in [0.29, 0.717) is 0 Å². The summed E-state index contributed by atoms with van der Waals surface area (Å²) in [7, 11) is 0. The van der Waals surface area contributed by atoms with Crippen molar-refractivity contribution in [3.05, 3.63) is 101 Å². The molecule has 3 aromatic carbocycles. The molecule has 0 aromatic heterocycles. The van der Waals surface area contributed by atoms with Crippen molar-refractivity contribution in [1.82, 2.24) is 0 Å². The molecule has 168 valence electrons. The van der Waals surface area contributed by atoms with E-state index >= 15 is 0 Å². The van der Waals surface area contributed by atoms with E-state index in [1.54, 1.807) is 6.21 Å². The number of hydrogen-bond acceptors (Lipinski definition) is 3. The van der Waals surface area contributed by atoms with Gasteiger partial charge < -0.3 is 10.8 Å². The molecule has 0 spiro atoms. The second-order valence-corrected chi connectivity index (χ2v) is 10.5. The fourth-order valence-corrected chi connectivity index (χ4v) is 3.81. The van der Waals surface area contributed by atoms with Gasteiger partial charge in [0.25, 0.3) is 0 Å². The van der Waals surface area contributed by atoms with Gasteiger partial charge in [0.1, 0.15) is 5.75 Å². The summed E-state index contributed by atoms with van der Waals surface area (Å²) in [6.45, 7) is 12.9. The molecule has 2 unspecified atom stereocenters. The third-order valence-corrected chi connectivity index (χ3v) is 5.85. The first-order chi connectivity index (χ1) is 15.0. The number of phenols is 1. The molecule has 0 radical (unpaired) electrons. The Labute approximate surface area is 193 Å². The van der Waals surface area contributed by atoms with Crippen molar-refractivity contribution in [3.63, 3.8) is 0 Å². The van der Waals surface area contributed by atoms with Crippen LogP contribution in [0, 0.1) is 0 Å². The summed E-state index contributed by atoms with van der Waals surface area (Å²) < 4.78 is 0. The molecule has 2 atom stereocenters. The molecule has 0 saturated heterocycles. The highest BCUT2D eigenvalue weighted by atomic mass is 16.3. The average Bonchev–Trinajstić information content (AvgIpc) is 2.74. The number of nitrogens with zero attached hydrogens (tertiary/aromatic N) is 1. The highest BCUT2D eigenvalue weighted by Crippen LogP contribution is 2.38. The molecular formula is C29H36N2O. The molecular weight excluding hydrogens is 392 g/mol. The van der Waals surface area contributed by atoms with Crippen LogP contribution >= 0.6 is 0 Å². The van der Waals surface area contributed by atoms with Crippen LogP contribution in [0.3, 0.4) is 0 Å². The summed E-state index contributed by atoms with van der Waals surface area (Å²) in [6.07, 6.45) is 1.79. The Morgan fingerprint density at radius 2 is 1.31 bits per heavy atom. The third-order valence-electron chi connectivity index (χ3n) is 5.85. The number of phenolic OH excluding ortho intramolecular Hbond substituents is 1. The lowest BCUT2D eigenvalue weighted by Gasteiger charge is -2.27. The van der Waals surface area contributed by atoms with E-state index < -0.39 is 0 Å². The first-order valence-electron chi connectivity index (χ1n) is 11.2. The van der Waals surface area contributed by atoms with Crippen molar-refractivity contribution in [2.75, 3.05) is 0 Å². The topological polar surface area (TPSA) is 58.6 Å². The average molecular weight is 429 g/mol. The van der Waals surface area contributed by atoms with Gasteiger partial charge in [0.2, 0.25) is 0 Å². The Morgan fingerprint density at radius 1 is 0.781 bits per heavy atom. The van der Waals surface area contributed by atoms with Crippen molar-refractivity contribution in [1.29, 1.82) is 0 Å². The van der Waals surface area contributed by atoms with Gasteiger partial charge in [-0.3, -0.25) is 4.99 Å². The maximum atomic E-state index is 11.1. The van der Waals surface area contributed by atoms with Crippen LogP contribution in [0.5, 0.6) is 5.75 Å². The molecule has 3 aromatic rings. The normalized spacial score (nSPS) is 14.5. The number of hydrogen-bond donors (Lipinski definition) is 2. The Bertz CT molecular complexity index is 1060. The molecule has 0 aliphatic heterocycles. The Kier molecular flexibility index (Phi) is 6.90. The largest absolute Gasteiger partial charge is 0.507 e. The van der Waals surface area contributed by atoms with E-state index in [1.807, 2.05) is 54.6 Å². The van der Waals surface area contributed by atoms with E-state index in [4.69, 9.17) is 10.7 Å². The van der Waals surface area contributed by atoms with Crippen molar-refractivity contribution in [3.8, 4) is 5.75 Å². The van der Waals surface area contributed by atoms with Crippen LogP contribution in [0.15, 0.2) is 77.8 Å². The minimum absolute atomic E-state index is 0.0461. The zero-order valence-electron chi connectivity index (χ0n) is 20.1. The molecule has 0 aliphatic carbocycles. The van der Waals surface area contributed by atoms with Gasteiger partial charge >= 0.3 is 0 Å². The van der Waals surface area contributed by atoms with Crippen molar-refractivity contribution in [2.24, 2.45) is 10.7 Å². The van der Waals surface area contributed by atoms with E-state index in [0.717, 1.165) is 22.3 Å². The van der Waals surface area contributed by atoms with Crippen LogP contribution in [0.2, 0.25) is 0 Å². The van der Waals surface area contributed by atoms with E-state index in [9.17, 15) is 5.11 Å². The number of nitrogens with two attached hydrogens (primary N) is 1. The quantitative estimate of drug-likeness (QED) is 0.437. The first-order valence-corrected chi connectivity index (χ1v) is 11.2. The van der Waals surface area contributed by atoms with Crippen LogP contribution in [-0.2, 0) is 10.8 Å². The summed E-state index contributed by atoms with van der Waals surface area (Å²) in [6, 6.07) is 23.7. The lowest BCUT2D eigenvalue weighted by atomic mass is 9.79. The van der Waals surface area contributed by atoms with Gasteiger partial charge in [-0.05, 0) is 33.6 Å². The van der Waals surface area contributed by atoms with Crippen LogP contribution in [0.4, 0.5) is 0 Å². The van der Waals surface area contributed by atoms with E-state index in [1.165, 1.54) is 5.56 Å². The molecule has 3 N–H and O–H groups in total. The second kappa shape index (κ2) is 9.30. The predicted octanol–water partition coefficient (Wildman–Crippen LogP) is 6.85. The third kappa shape index (κ3) is 5.46. The predicted molar refractivity (Wildman–Crippen MR) is 136 cm³/mol. The molecule has 0 heterocycles. The van der Waals surface area contributed by atoms with Crippen molar-refractivity contribution >= 4 is 6.21 Å². The monoisotopic (exact) mass is 428 g/mol. The summed E-state index contributed by atoms with van der Waals surface area (Å²) >= 11 is 0. The first kappa shape index (κ1) is 23.7. The lowest BCUT2D eigenvalue weighted by Crippen LogP contribution is -2.19. The molecule has 3 heteroatoms. The SMILES string of the molecule is CC(C)(C)c1cc(C=NC(c2ccccc2)C(N)c2ccccc2)c(O)c(C(C)(C)C)c1. The number of aliphatic imine (C=N–C) groups is 1. The summed E-state index contributed by atoms with van der Waals surface area (Å²) in [5, 5.41) is 11.1. The maximum absolute atomic E-state index is 11.1. The molecule has 0 aliphatic rings. The maximum Gasteiger partial charge on any atom is 0.128 e. The number of rotatable bonds is 5. The molecule has 0 bridgehead atoms. The van der Waals surface area contributed by atoms with E-state index in [2.05, 4.69) is 59.7 Å². The van der Waals surface area contributed by atoms with Crippen LogP contribution < -0.4 is 5.73 Å². The van der Waals surface area contributed by atoms with E-state index in [-0.39, 0.29) is 28.7 Å². The summed E-state index contributed by atoms with van der Waals surface area (Å²) in [5.41, 5.74) is 11.4. The zero-order chi connectivity index (χ0) is 23.5. The van der Waals surface area contributed by atoms with Crippen LogP contribution in [-0.4, -0.2) is 11.3 Å². The standard InChI is InChI=1S/C29H36N2O/c1-28(2,3)23-17-22(27(32)24(18-23)29(4,5)6)19-31-26(21-15-11-8-12-16-21)25(30)20-13-9-7-10-14-20/h7-19,25-26,32H,30H2,1-6H3. The van der Waals surface area contributed by atoms with Crippen LogP contribution in [0.1, 0.15) is 81.4 Å². The molecule has 3 rings (SSSR count). The summed E-state index contributed by atoms with van der Waals surface area (Å²) in [5.74, 6) is 0.286. The molecule has 0 fully saturated rings.